The molecule has 2 N–H and O–H groups in total. The summed E-state index contributed by atoms with van der Waals surface area (Å²) in [5, 5.41) is 23.7. The fraction of sp³-hybridized carbons (Fsp3) is 0.412. The Morgan fingerprint density at radius 3 is 2.57 bits per heavy atom. The molecule has 0 radical (unpaired) electrons. The van der Waals surface area contributed by atoms with Gasteiger partial charge in [0.25, 0.3) is 0 Å². The van der Waals surface area contributed by atoms with Crippen LogP contribution < -0.4 is 5.32 Å². The first-order valence-electron chi connectivity index (χ1n) is 7.08. The highest BCUT2D eigenvalue weighted by Crippen LogP contribution is 2.31. The maximum Gasteiger partial charge on any atom is 0.103 e. The molecule has 0 saturated heterocycles. The van der Waals surface area contributed by atoms with Crippen molar-refractivity contribution < 1.29 is 5.11 Å². The first kappa shape index (κ1) is 15.3. The third-order valence-corrected chi connectivity index (χ3v) is 3.22. The summed E-state index contributed by atoms with van der Waals surface area (Å²) in [7, 11) is 0. The molecular weight excluding hydrogens is 262 g/mol. The molecule has 21 heavy (non-hydrogen) atoms. The van der Waals surface area contributed by atoms with E-state index in [1.807, 2.05) is 24.3 Å². The molecule has 0 aliphatic rings. The van der Waals surface area contributed by atoms with E-state index in [2.05, 4.69) is 37.1 Å². The van der Waals surface area contributed by atoms with Crippen molar-refractivity contribution in [3.05, 3.63) is 35.5 Å². The monoisotopic (exact) mass is 283 g/mol. The second-order valence-electron chi connectivity index (χ2n) is 6.47. The number of rotatable bonds is 3. The van der Waals surface area contributed by atoms with E-state index < -0.39 is 6.10 Å². The predicted octanol–water partition coefficient (Wildman–Crippen LogP) is 3.62. The Bertz CT molecular complexity index is 693. The van der Waals surface area contributed by atoms with E-state index in [-0.39, 0.29) is 5.41 Å². The highest BCUT2D eigenvalue weighted by atomic mass is 16.3. The highest BCUT2D eigenvalue weighted by Gasteiger charge is 2.19. The van der Waals surface area contributed by atoms with E-state index in [9.17, 15) is 10.4 Å². The fourth-order valence-corrected chi connectivity index (χ4v) is 2.18. The Morgan fingerprint density at radius 1 is 1.33 bits per heavy atom. The lowest BCUT2D eigenvalue weighted by Crippen LogP contribution is -2.20. The molecule has 0 aliphatic heterocycles. The van der Waals surface area contributed by atoms with Crippen LogP contribution in [0.25, 0.3) is 10.9 Å². The summed E-state index contributed by atoms with van der Waals surface area (Å²) in [6.45, 7) is 8.75. The fourth-order valence-electron chi connectivity index (χ4n) is 2.18. The van der Waals surface area contributed by atoms with E-state index in [4.69, 9.17) is 0 Å². The van der Waals surface area contributed by atoms with Crippen molar-refractivity contribution in [2.75, 3.05) is 11.9 Å². The summed E-state index contributed by atoms with van der Waals surface area (Å²) >= 11 is 0. The zero-order chi connectivity index (χ0) is 15.6. The number of nitrogens with zero attached hydrogens (tertiary/aromatic N) is 2. The van der Waals surface area contributed by atoms with Gasteiger partial charge in [0.2, 0.25) is 0 Å². The summed E-state index contributed by atoms with van der Waals surface area (Å²) in [6, 6.07) is 9.86. The second kappa shape index (κ2) is 5.71. The van der Waals surface area contributed by atoms with Gasteiger partial charge in [-0.2, -0.15) is 5.26 Å². The van der Waals surface area contributed by atoms with Crippen LogP contribution in [0.1, 0.15) is 45.1 Å². The number of aliphatic hydroxyl groups excluding tert-OH is 1. The van der Waals surface area contributed by atoms with Gasteiger partial charge in [0.15, 0.2) is 0 Å². The van der Waals surface area contributed by atoms with Crippen LogP contribution in [0.15, 0.2) is 24.3 Å². The number of para-hydroxylation sites is 1. The summed E-state index contributed by atoms with van der Waals surface area (Å²) < 4.78 is 0. The van der Waals surface area contributed by atoms with Gasteiger partial charge >= 0.3 is 0 Å². The van der Waals surface area contributed by atoms with Gasteiger partial charge in [0.05, 0.1) is 28.6 Å². The van der Waals surface area contributed by atoms with Gasteiger partial charge in [-0.05, 0) is 18.4 Å². The normalized spacial score (nSPS) is 13.0. The minimum absolute atomic E-state index is 0.0854. The molecule has 0 aliphatic carbocycles. The highest BCUT2D eigenvalue weighted by molar-refractivity contribution is 5.94. The topological polar surface area (TPSA) is 68.9 Å². The molecule has 0 spiro atoms. The van der Waals surface area contributed by atoms with E-state index in [0.717, 1.165) is 23.1 Å². The first-order chi connectivity index (χ1) is 9.83. The molecule has 1 heterocycles. The molecule has 1 atom stereocenters. The van der Waals surface area contributed by atoms with Crippen LogP contribution in [0, 0.1) is 16.7 Å². The van der Waals surface area contributed by atoms with E-state index in [1.165, 1.54) is 0 Å². The maximum atomic E-state index is 9.91. The number of benzene rings is 1. The number of hydrogen-bond acceptors (Lipinski definition) is 4. The van der Waals surface area contributed by atoms with Crippen LogP contribution in [0.3, 0.4) is 0 Å². The van der Waals surface area contributed by atoms with Crippen LogP contribution in [0.2, 0.25) is 0 Å². The minimum atomic E-state index is -0.778. The van der Waals surface area contributed by atoms with Gasteiger partial charge in [-0.3, -0.25) is 0 Å². The van der Waals surface area contributed by atoms with Gasteiger partial charge in [-0.15, -0.1) is 0 Å². The Labute approximate surface area is 125 Å². The molecule has 0 saturated carbocycles. The number of anilines is 1. The van der Waals surface area contributed by atoms with Gasteiger partial charge in [0.1, 0.15) is 6.07 Å². The number of aromatic nitrogens is 1. The van der Waals surface area contributed by atoms with Crippen LogP contribution in [-0.2, 0) is 0 Å². The number of fused-ring (bicyclic) bond motifs is 1. The Balaban J connectivity index is 2.66. The zero-order valence-corrected chi connectivity index (χ0v) is 12.9. The van der Waals surface area contributed by atoms with Gasteiger partial charge in [-0.1, -0.05) is 39.0 Å². The van der Waals surface area contributed by atoms with E-state index in [0.29, 0.717) is 11.3 Å². The van der Waals surface area contributed by atoms with Crippen LogP contribution in [0.4, 0.5) is 5.69 Å². The third-order valence-electron chi connectivity index (χ3n) is 3.22. The Morgan fingerprint density at radius 2 is 2.00 bits per heavy atom. The predicted molar refractivity (Wildman–Crippen MR) is 85.0 cm³/mol. The minimum Gasteiger partial charge on any atom is -0.387 e. The summed E-state index contributed by atoms with van der Waals surface area (Å²) in [4.78, 5) is 4.44. The van der Waals surface area contributed by atoms with Crippen LogP contribution in [0.5, 0.6) is 0 Å². The summed E-state index contributed by atoms with van der Waals surface area (Å²) in [5.74, 6) is 0. The molecule has 0 bridgehead atoms. The number of nitrogens with one attached hydrogen (secondary N) is 1. The molecule has 1 unspecified atom stereocenters. The van der Waals surface area contributed by atoms with Crippen molar-refractivity contribution in [3.8, 4) is 6.07 Å². The molecule has 4 nitrogen and oxygen atoms in total. The number of nitriles is 1. The van der Waals surface area contributed by atoms with Gasteiger partial charge in [0, 0.05) is 11.9 Å². The summed E-state index contributed by atoms with van der Waals surface area (Å²) in [5.41, 5.74) is 2.47. The Hall–Kier alpha value is -2.12. The lowest BCUT2D eigenvalue weighted by atomic mass is 9.96. The molecule has 1 aromatic heterocycles. The smallest absolute Gasteiger partial charge is 0.103 e. The molecule has 2 rings (SSSR count). The van der Waals surface area contributed by atoms with E-state index >= 15 is 0 Å². The van der Waals surface area contributed by atoms with Gasteiger partial charge < -0.3 is 10.4 Å². The third kappa shape index (κ3) is 3.32. The lowest BCUT2D eigenvalue weighted by molar-refractivity contribution is 0.194. The van der Waals surface area contributed by atoms with Crippen molar-refractivity contribution in [1.82, 2.24) is 4.98 Å². The summed E-state index contributed by atoms with van der Waals surface area (Å²) in [6.07, 6.45) is -0.778. The number of aliphatic hydroxyl groups is 1. The molecule has 2 aromatic rings. The van der Waals surface area contributed by atoms with Crippen LogP contribution in [-0.4, -0.2) is 16.6 Å². The van der Waals surface area contributed by atoms with Crippen molar-refractivity contribution >= 4 is 16.6 Å². The molecular formula is C17H21N3O. The number of hydrogen-bond donors (Lipinski definition) is 2. The van der Waals surface area contributed by atoms with Crippen molar-refractivity contribution in [3.63, 3.8) is 0 Å². The SMILES string of the molecule is CC(O)c1nc2ccccc2c(NCC(C)(C)C)c1C#N. The molecule has 1 aromatic carbocycles. The molecule has 0 amide bonds. The van der Waals surface area contributed by atoms with Crippen molar-refractivity contribution in [2.24, 2.45) is 5.41 Å². The molecule has 110 valence electrons. The molecule has 0 fully saturated rings. The van der Waals surface area contributed by atoms with Crippen LogP contribution >= 0.6 is 0 Å². The maximum absolute atomic E-state index is 9.91. The average Bonchev–Trinajstić information content (AvgIpc) is 2.42. The average molecular weight is 283 g/mol. The Kier molecular flexibility index (Phi) is 4.15. The lowest BCUT2D eigenvalue weighted by Gasteiger charge is -2.22. The zero-order valence-electron chi connectivity index (χ0n) is 12.9. The van der Waals surface area contributed by atoms with Gasteiger partial charge in [-0.25, -0.2) is 4.98 Å². The van der Waals surface area contributed by atoms with Crippen molar-refractivity contribution in [2.45, 2.75) is 33.8 Å². The van der Waals surface area contributed by atoms with Crippen molar-refractivity contribution in [1.29, 1.82) is 5.26 Å². The standard InChI is InChI=1S/C17H21N3O/c1-11(21)15-13(9-18)16(19-10-17(2,3)4)12-7-5-6-8-14(12)20-15/h5-8,11,21H,10H2,1-4H3,(H,19,20). The molecule has 4 heteroatoms. The van der Waals surface area contributed by atoms with E-state index in [1.54, 1.807) is 6.92 Å². The largest absolute Gasteiger partial charge is 0.387 e. The second-order valence-corrected chi connectivity index (χ2v) is 6.47. The number of pyridine rings is 1. The first-order valence-corrected chi connectivity index (χ1v) is 7.08. The quantitative estimate of drug-likeness (QED) is 0.902.